The third kappa shape index (κ3) is 6.96. The van der Waals surface area contributed by atoms with Gasteiger partial charge in [0.15, 0.2) is 0 Å². The summed E-state index contributed by atoms with van der Waals surface area (Å²) in [5.41, 5.74) is 3.25. The summed E-state index contributed by atoms with van der Waals surface area (Å²) in [5, 5.41) is 5.71. The van der Waals surface area contributed by atoms with E-state index in [-0.39, 0.29) is 6.03 Å². The minimum atomic E-state index is -0.151. The summed E-state index contributed by atoms with van der Waals surface area (Å²) in [7, 11) is 0. The molecule has 0 unspecified atom stereocenters. The minimum Gasteiger partial charge on any atom is -0.493 e. The number of hydrogen-bond donors (Lipinski definition) is 2. The third-order valence-electron chi connectivity index (χ3n) is 4.51. The van der Waals surface area contributed by atoms with Crippen LogP contribution in [0.25, 0.3) is 11.1 Å². The standard InChI is InChI=1S/C24H27N3O2/c28-24(27-19-20-10-9-15-25-18-20)26-16-7-2-8-17-29-23-14-6-5-13-22(23)21-11-3-1-4-12-21/h1,3-6,9-15,18H,2,7-8,16-17,19H2,(H2,26,27,28). The third-order valence-corrected chi connectivity index (χ3v) is 4.51. The van der Waals surface area contributed by atoms with E-state index in [1.807, 2.05) is 48.5 Å². The van der Waals surface area contributed by atoms with Crippen LogP contribution < -0.4 is 15.4 Å². The largest absolute Gasteiger partial charge is 0.493 e. The van der Waals surface area contributed by atoms with E-state index in [2.05, 4.69) is 33.8 Å². The number of nitrogens with one attached hydrogen (secondary N) is 2. The minimum absolute atomic E-state index is 0.151. The van der Waals surface area contributed by atoms with Crippen molar-refractivity contribution in [2.75, 3.05) is 13.2 Å². The van der Waals surface area contributed by atoms with Gasteiger partial charge >= 0.3 is 6.03 Å². The molecule has 0 aliphatic rings. The highest BCUT2D eigenvalue weighted by atomic mass is 16.5. The normalized spacial score (nSPS) is 10.3. The van der Waals surface area contributed by atoms with Crippen LogP contribution in [0.4, 0.5) is 4.79 Å². The first kappa shape index (κ1) is 20.4. The van der Waals surface area contributed by atoms with Crippen LogP contribution in [0.1, 0.15) is 24.8 Å². The van der Waals surface area contributed by atoms with Crippen molar-refractivity contribution < 1.29 is 9.53 Å². The first-order chi connectivity index (χ1) is 14.3. The molecule has 2 aromatic carbocycles. The summed E-state index contributed by atoms with van der Waals surface area (Å²) in [5.74, 6) is 0.909. The van der Waals surface area contributed by atoms with Crippen LogP contribution in [0.5, 0.6) is 5.75 Å². The Morgan fingerprint density at radius 2 is 1.69 bits per heavy atom. The molecule has 5 heteroatoms. The average molecular weight is 389 g/mol. The molecule has 1 aromatic heterocycles. The molecule has 3 aromatic rings. The van der Waals surface area contributed by atoms with Crippen molar-refractivity contribution in [2.45, 2.75) is 25.8 Å². The van der Waals surface area contributed by atoms with Crippen LogP contribution in [-0.4, -0.2) is 24.2 Å². The van der Waals surface area contributed by atoms with Crippen molar-refractivity contribution in [2.24, 2.45) is 0 Å². The molecule has 0 atom stereocenters. The second-order valence-corrected chi connectivity index (χ2v) is 6.74. The van der Waals surface area contributed by atoms with E-state index in [9.17, 15) is 4.79 Å². The number of hydrogen-bond acceptors (Lipinski definition) is 3. The Labute approximate surface area is 172 Å². The number of aromatic nitrogens is 1. The molecule has 0 saturated carbocycles. The van der Waals surface area contributed by atoms with Gasteiger partial charge in [-0.2, -0.15) is 0 Å². The molecule has 0 radical (unpaired) electrons. The highest BCUT2D eigenvalue weighted by Gasteiger charge is 2.05. The Hall–Kier alpha value is -3.34. The van der Waals surface area contributed by atoms with Gasteiger partial charge in [0.2, 0.25) is 0 Å². The van der Waals surface area contributed by atoms with Crippen molar-refractivity contribution in [3.8, 4) is 16.9 Å². The van der Waals surface area contributed by atoms with Crippen molar-refractivity contribution >= 4 is 6.03 Å². The fourth-order valence-electron chi connectivity index (χ4n) is 2.98. The number of carbonyl (C=O) groups excluding carboxylic acids is 1. The Balaban J connectivity index is 1.29. The van der Waals surface area contributed by atoms with Crippen LogP contribution in [0.2, 0.25) is 0 Å². The molecule has 0 fully saturated rings. The fourth-order valence-corrected chi connectivity index (χ4v) is 2.98. The van der Waals surface area contributed by atoms with E-state index < -0.39 is 0 Å². The lowest BCUT2D eigenvalue weighted by molar-refractivity contribution is 0.240. The van der Waals surface area contributed by atoms with Gasteiger partial charge in [0.25, 0.3) is 0 Å². The van der Waals surface area contributed by atoms with Crippen LogP contribution in [0.15, 0.2) is 79.1 Å². The van der Waals surface area contributed by atoms with Crippen molar-refractivity contribution in [3.63, 3.8) is 0 Å². The molecule has 2 amide bonds. The Bertz CT molecular complexity index is 870. The van der Waals surface area contributed by atoms with Gasteiger partial charge in [-0.05, 0) is 42.5 Å². The van der Waals surface area contributed by atoms with E-state index in [0.29, 0.717) is 19.7 Å². The number of carbonyl (C=O) groups is 1. The molecular weight excluding hydrogens is 362 g/mol. The van der Waals surface area contributed by atoms with Gasteiger partial charge in [-0.3, -0.25) is 4.98 Å². The zero-order chi connectivity index (χ0) is 20.2. The zero-order valence-electron chi connectivity index (χ0n) is 16.5. The SMILES string of the molecule is O=C(NCCCCCOc1ccccc1-c1ccccc1)NCc1cccnc1. The first-order valence-corrected chi connectivity index (χ1v) is 10.0. The maximum absolute atomic E-state index is 11.8. The summed E-state index contributed by atoms with van der Waals surface area (Å²) in [6.07, 6.45) is 6.33. The number of para-hydroxylation sites is 1. The van der Waals surface area contributed by atoms with Crippen molar-refractivity contribution in [1.29, 1.82) is 0 Å². The molecule has 1 heterocycles. The van der Waals surface area contributed by atoms with Crippen LogP contribution in [0, 0.1) is 0 Å². The average Bonchev–Trinajstić information content (AvgIpc) is 2.78. The number of nitrogens with zero attached hydrogens (tertiary/aromatic N) is 1. The summed E-state index contributed by atoms with van der Waals surface area (Å²) in [6, 6.07) is 22.0. The number of benzene rings is 2. The second kappa shape index (κ2) is 11.5. The highest BCUT2D eigenvalue weighted by molar-refractivity contribution is 5.73. The van der Waals surface area contributed by atoms with E-state index in [1.165, 1.54) is 0 Å². The van der Waals surface area contributed by atoms with Crippen LogP contribution in [0.3, 0.4) is 0 Å². The lowest BCUT2D eigenvalue weighted by Gasteiger charge is -2.12. The van der Waals surface area contributed by atoms with Gasteiger partial charge in [0, 0.05) is 31.0 Å². The molecule has 2 N–H and O–H groups in total. The molecule has 29 heavy (non-hydrogen) atoms. The van der Waals surface area contributed by atoms with E-state index >= 15 is 0 Å². The summed E-state index contributed by atoms with van der Waals surface area (Å²) in [6.45, 7) is 1.80. The smallest absolute Gasteiger partial charge is 0.315 e. The van der Waals surface area contributed by atoms with E-state index in [1.54, 1.807) is 12.4 Å². The molecule has 150 valence electrons. The monoisotopic (exact) mass is 389 g/mol. The topological polar surface area (TPSA) is 63.2 Å². The highest BCUT2D eigenvalue weighted by Crippen LogP contribution is 2.29. The van der Waals surface area contributed by atoms with Crippen molar-refractivity contribution in [3.05, 3.63) is 84.7 Å². The molecule has 0 saturated heterocycles. The van der Waals surface area contributed by atoms with E-state index in [0.717, 1.165) is 41.7 Å². The number of ether oxygens (including phenoxy) is 1. The molecule has 5 nitrogen and oxygen atoms in total. The summed E-state index contributed by atoms with van der Waals surface area (Å²) in [4.78, 5) is 15.8. The van der Waals surface area contributed by atoms with Gasteiger partial charge in [0.1, 0.15) is 5.75 Å². The van der Waals surface area contributed by atoms with Gasteiger partial charge in [0.05, 0.1) is 6.61 Å². The molecular formula is C24H27N3O2. The van der Waals surface area contributed by atoms with E-state index in [4.69, 9.17) is 4.74 Å². The Morgan fingerprint density at radius 3 is 2.52 bits per heavy atom. The van der Waals surface area contributed by atoms with Crippen LogP contribution in [-0.2, 0) is 6.54 Å². The summed E-state index contributed by atoms with van der Waals surface area (Å²) < 4.78 is 6.00. The lowest BCUT2D eigenvalue weighted by Crippen LogP contribution is -2.35. The van der Waals surface area contributed by atoms with Crippen LogP contribution >= 0.6 is 0 Å². The number of pyridine rings is 1. The Morgan fingerprint density at radius 1 is 0.862 bits per heavy atom. The number of urea groups is 1. The van der Waals surface area contributed by atoms with Gasteiger partial charge < -0.3 is 15.4 Å². The lowest BCUT2D eigenvalue weighted by atomic mass is 10.1. The summed E-state index contributed by atoms with van der Waals surface area (Å²) >= 11 is 0. The molecule has 0 bridgehead atoms. The molecule has 3 rings (SSSR count). The zero-order valence-corrected chi connectivity index (χ0v) is 16.5. The Kier molecular flexibility index (Phi) is 8.08. The molecule has 0 aliphatic heterocycles. The predicted octanol–water partition coefficient (Wildman–Crippen LogP) is 4.80. The number of rotatable bonds is 10. The predicted molar refractivity (Wildman–Crippen MR) is 116 cm³/mol. The second-order valence-electron chi connectivity index (χ2n) is 6.74. The maximum atomic E-state index is 11.8. The first-order valence-electron chi connectivity index (χ1n) is 10.0. The number of amides is 2. The van der Waals surface area contributed by atoms with Crippen molar-refractivity contribution in [1.82, 2.24) is 15.6 Å². The van der Waals surface area contributed by atoms with Gasteiger partial charge in [-0.25, -0.2) is 4.79 Å². The molecule has 0 spiro atoms. The quantitative estimate of drug-likeness (QED) is 0.490. The maximum Gasteiger partial charge on any atom is 0.315 e. The van der Waals surface area contributed by atoms with Gasteiger partial charge in [-0.15, -0.1) is 0 Å². The fraction of sp³-hybridized carbons (Fsp3) is 0.250. The van der Waals surface area contributed by atoms with Gasteiger partial charge in [-0.1, -0.05) is 54.6 Å². The number of unbranched alkanes of at least 4 members (excludes halogenated alkanes) is 2. The molecule has 0 aliphatic carbocycles.